The number of ether oxygens (including phenoxy) is 1. The first-order valence-electron chi connectivity index (χ1n) is 6.82. The van der Waals surface area contributed by atoms with E-state index in [0.717, 1.165) is 32.3 Å². The Morgan fingerprint density at radius 3 is 2.65 bits per heavy atom. The number of hydrogen-bond acceptors (Lipinski definition) is 4. The van der Waals surface area contributed by atoms with E-state index in [9.17, 15) is 0 Å². The fourth-order valence-electron chi connectivity index (χ4n) is 3.16. The highest BCUT2D eigenvalue weighted by molar-refractivity contribution is 4.97. The van der Waals surface area contributed by atoms with E-state index in [1.165, 1.54) is 26.1 Å². The van der Waals surface area contributed by atoms with Gasteiger partial charge < -0.3 is 10.1 Å². The van der Waals surface area contributed by atoms with Crippen LogP contribution in [0.4, 0.5) is 0 Å². The van der Waals surface area contributed by atoms with Crippen molar-refractivity contribution in [3.8, 4) is 0 Å². The Balaban J connectivity index is 1.89. The van der Waals surface area contributed by atoms with Crippen LogP contribution < -0.4 is 5.32 Å². The predicted molar refractivity (Wildman–Crippen MR) is 70.4 cm³/mol. The first-order chi connectivity index (χ1) is 8.13. The summed E-state index contributed by atoms with van der Waals surface area (Å²) in [5, 5.41) is 3.43. The van der Waals surface area contributed by atoms with Gasteiger partial charge in [-0.15, -0.1) is 0 Å². The molecule has 2 aliphatic heterocycles. The summed E-state index contributed by atoms with van der Waals surface area (Å²) in [6, 6.07) is 0.740. The minimum absolute atomic E-state index is 0.327. The molecule has 2 fully saturated rings. The van der Waals surface area contributed by atoms with Gasteiger partial charge in [-0.25, -0.2) is 0 Å². The number of nitrogens with one attached hydrogen (secondary N) is 1. The summed E-state index contributed by atoms with van der Waals surface area (Å²) < 4.78 is 5.21. The van der Waals surface area contributed by atoms with Crippen molar-refractivity contribution in [1.82, 2.24) is 15.1 Å². The summed E-state index contributed by atoms with van der Waals surface area (Å²) in [5.41, 5.74) is 0.327. The van der Waals surface area contributed by atoms with Gasteiger partial charge in [0, 0.05) is 58.0 Å². The van der Waals surface area contributed by atoms with Gasteiger partial charge >= 0.3 is 0 Å². The summed E-state index contributed by atoms with van der Waals surface area (Å²) in [7, 11) is 1.79. The van der Waals surface area contributed by atoms with Gasteiger partial charge in [-0.2, -0.15) is 0 Å². The zero-order valence-corrected chi connectivity index (χ0v) is 11.5. The molecule has 4 nitrogen and oxygen atoms in total. The zero-order chi connectivity index (χ0) is 12.3. The molecule has 0 aromatic carbocycles. The highest BCUT2D eigenvalue weighted by Gasteiger charge is 2.40. The summed E-state index contributed by atoms with van der Waals surface area (Å²) >= 11 is 0. The van der Waals surface area contributed by atoms with Crippen LogP contribution in [0.2, 0.25) is 0 Å². The Labute approximate surface area is 105 Å². The first kappa shape index (κ1) is 13.3. The van der Waals surface area contributed by atoms with Crippen LogP contribution in [0.15, 0.2) is 0 Å². The Kier molecular flexibility index (Phi) is 4.42. The van der Waals surface area contributed by atoms with E-state index < -0.39 is 0 Å². The summed E-state index contributed by atoms with van der Waals surface area (Å²) in [5.74, 6) is 0. The molecule has 0 amide bonds. The van der Waals surface area contributed by atoms with Crippen molar-refractivity contribution in [2.24, 2.45) is 0 Å². The standard InChI is InChI=1S/C13H27N3O/c1-13(2)10-12(11-16(13)8-9-17-3)15-6-4-14-5-7-15/h12,14H,4-11H2,1-3H3. The highest BCUT2D eigenvalue weighted by Crippen LogP contribution is 2.31. The summed E-state index contributed by atoms with van der Waals surface area (Å²) in [6.07, 6.45) is 1.29. The molecule has 100 valence electrons. The molecule has 0 bridgehead atoms. The number of piperazine rings is 1. The lowest BCUT2D eigenvalue weighted by Gasteiger charge is -2.32. The molecule has 1 atom stereocenters. The lowest BCUT2D eigenvalue weighted by Crippen LogP contribution is -2.49. The third-order valence-corrected chi connectivity index (χ3v) is 4.26. The third kappa shape index (κ3) is 3.19. The second-order valence-corrected chi connectivity index (χ2v) is 5.90. The van der Waals surface area contributed by atoms with Crippen molar-refractivity contribution in [3.05, 3.63) is 0 Å². The van der Waals surface area contributed by atoms with Crippen LogP contribution in [-0.4, -0.2) is 74.4 Å². The summed E-state index contributed by atoms with van der Waals surface area (Å²) in [6.45, 7) is 12.6. The third-order valence-electron chi connectivity index (χ3n) is 4.26. The van der Waals surface area contributed by atoms with Crippen molar-refractivity contribution in [2.75, 3.05) is 53.0 Å². The molecule has 1 N–H and O–H groups in total. The average molecular weight is 241 g/mol. The average Bonchev–Trinajstić information content (AvgIpc) is 2.63. The monoisotopic (exact) mass is 241 g/mol. The van der Waals surface area contributed by atoms with Gasteiger partial charge in [-0.3, -0.25) is 9.80 Å². The van der Waals surface area contributed by atoms with Gasteiger partial charge in [0.15, 0.2) is 0 Å². The second-order valence-electron chi connectivity index (χ2n) is 5.90. The van der Waals surface area contributed by atoms with Crippen LogP contribution in [0, 0.1) is 0 Å². The van der Waals surface area contributed by atoms with Crippen LogP contribution in [0.25, 0.3) is 0 Å². The molecule has 0 aromatic rings. The Morgan fingerprint density at radius 1 is 1.29 bits per heavy atom. The predicted octanol–water partition coefficient (Wildman–Crippen LogP) is 0.391. The van der Waals surface area contributed by atoms with Crippen molar-refractivity contribution in [3.63, 3.8) is 0 Å². The number of nitrogens with zero attached hydrogens (tertiary/aromatic N) is 2. The molecule has 2 saturated heterocycles. The van der Waals surface area contributed by atoms with Crippen LogP contribution in [0.1, 0.15) is 20.3 Å². The molecule has 1 unspecified atom stereocenters. The Morgan fingerprint density at radius 2 is 2.00 bits per heavy atom. The zero-order valence-electron chi connectivity index (χ0n) is 11.5. The van der Waals surface area contributed by atoms with Crippen LogP contribution in [0.3, 0.4) is 0 Å². The Hall–Kier alpha value is -0.160. The van der Waals surface area contributed by atoms with Crippen molar-refractivity contribution in [2.45, 2.75) is 31.8 Å². The van der Waals surface area contributed by atoms with E-state index in [4.69, 9.17) is 4.74 Å². The molecule has 2 rings (SSSR count). The van der Waals surface area contributed by atoms with Crippen LogP contribution >= 0.6 is 0 Å². The maximum Gasteiger partial charge on any atom is 0.0589 e. The van der Waals surface area contributed by atoms with E-state index in [1.54, 1.807) is 7.11 Å². The molecular formula is C13H27N3O. The smallest absolute Gasteiger partial charge is 0.0589 e. The van der Waals surface area contributed by atoms with Gasteiger partial charge in [0.25, 0.3) is 0 Å². The molecule has 0 saturated carbocycles. The van der Waals surface area contributed by atoms with Crippen molar-refractivity contribution >= 4 is 0 Å². The van der Waals surface area contributed by atoms with E-state index in [2.05, 4.69) is 29.0 Å². The van der Waals surface area contributed by atoms with Gasteiger partial charge in [0.05, 0.1) is 6.61 Å². The molecule has 0 aliphatic carbocycles. The molecule has 0 aromatic heterocycles. The minimum atomic E-state index is 0.327. The number of methoxy groups -OCH3 is 1. The lowest BCUT2D eigenvalue weighted by molar-refractivity contribution is 0.107. The van der Waals surface area contributed by atoms with E-state index in [1.807, 2.05) is 0 Å². The number of likely N-dealkylation sites (tertiary alicyclic amines) is 1. The molecular weight excluding hydrogens is 214 g/mol. The summed E-state index contributed by atoms with van der Waals surface area (Å²) in [4.78, 5) is 5.24. The largest absolute Gasteiger partial charge is 0.383 e. The maximum atomic E-state index is 5.21. The molecule has 0 radical (unpaired) electrons. The molecule has 0 spiro atoms. The number of hydrogen-bond donors (Lipinski definition) is 1. The van der Waals surface area contributed by atoms with E-state index >= 15 is 0 Å². The fourth-order valence-corrected chi connectivity index (χ4v) is 3.16. The van der Waals surface area contributed by atoms with Crippen LogP contribution in [0.5, 0.6) is 0 Å². The highest BCUT2D eigenvalue weighted by atomic mass is 16.5. The Bertz CT molecular complexity index is 239. The normalized spacial score (nSPS) is 30.9. The maximum absolute atomic E-state index is 5.21. The van der Waals surface area contributed by atoms with Gasteiger partial charge in [0.2, 0.25) is 0 Å². The second kappa shape index (κ2) is 5.65. The van der Waals surface area contributed by atoms with Crippen LogP contribution in [-0.2, 0) is 4.74 Å². The molecule has 17 heavy (non-hydrogen) atoms. The quantitative estimate of drug-likeness (QED) is 0.771. The lowest BCUT2D eigenvalue weighted by atomic mass is 9.99. The first-order valence-corrected chi connectivity index (χ1v) is 6.82. The molecule has 4 heteroatoms. The molecule has 2 heterocycles. The van der Waals surface area contributed by atoms with Gasteiger partial charge in [-0.05, 0) is 20.3 Å². The number of rotatable bonds is 4. The van der Waals surface area contributed by atoms with E-state index in [0.29, 0.717) is 5.54 Å². The fraction of sp³-hybridized carbons (Fsp3) is 1.00. The minimum Gasteiger partial charge on any atom is -0.383 e. The topological polar surface area (TPSA) is 27.7 Å². The van der Waals surface area contributed by atoms with Crippen molar-refractivity contribution < 1.29 is 4.74 Å². The molecule has 2 aliphatic rings. The van der Waals surface area contributed by atoms with E-state index in [-0.39, 0.29) is 0 Å². The van der Waals surface area contributed by atoms with Crippen molar-refractivity contribution in [1.29, 1.82) is 0 Å². The SMILES string of the molecule is COCCN1CC(N2CCNCC2)CC1(C)C. The van der Waals surface area contributed by atoms with Gasteiger partial charge in [-0.1, -0.05) is 0 Å². The van der Waals surface area contributed by atoms with Gasteiger partial charge in [0.1, 0.15) is 0 Å².